The highest BCUT2D eigenvalue weighted by molar-refractivity contribution is 6.31. The Hall–Kier alpha value is -2.13. The summed E-state index contributed by atoms with van der Waals surface area (Å²) in [5, 5.41) is 1.20. The number of nitrogens with zero attached hydrogens (tertiary/aromatic N) is 1. The topological polar surface area (TPSA) is 22.0 Å². The third kappa shape index (κ3) is 2.84. The van der Waals surface area contributed by atoms with Gasteiger partial charge >= 0.3 is 0 Å². The normalized spacial score (nSPS) is 14.2. The van der Waals surface area contributed by atoms with Crippen molar-refractivity contribution in [2.45, 2.75) is 25.8 Å². The summed E-state index contributed by atoms with van der Waals surface area (Å²) >= 11 is 5.91. The first-order valence-electron chi connectivity index (χ1n) is 8.16. The molecule has 0 atom stereocenters. The number of fused-ring (bicyclic) bond motifs is 1. The van der Waals surface area contributed by atoms with Crippen LogP contribution in [0, 0.1) is 11.7 Å². The van der Waals surface area contributed by atoms with Gasteiger partial charge in [-0.25, -0.2) is 4.39 Å². The van der Waals surface area contributed by atoms with Crippen molar-refractivity contribution in [1.82, 2.24) is 4.57 Å². The van der Waals surface area contributed by atoms with E-state index >= 15 is 0 Å². The van der Waals surface area contributed by atoms with Gasteiger partial charge in [0.2, 0.25) is 0 Å². The van der Waals surface area contributed by atoms with Crippen molar-refractivity contribution in [3.8, 4) is 11.1 Å². The van der Waals surface area contributed by atoms with Crippen LogP contribution in [0.2, 0.25) is 5.02 Å². The molecule has 1 aliphatic carbocycles. The molecular weight excluding hydrogens is 325 g/mol. The Bertz CT molecular complexity index is 927. The second kappa shape index (κ2) is 6.06. The first kappa shape index (κ1) is 15.4. The average Bonchev–Trinajstić information content (AvgIpc) is 3.33. The third-order valence-electron chi connectivity index (χ3n) is 4.67. The van der Waals surface area contributed by atoms with Gasteiger partial charge in [0.15, 0.2) is 0 Å². The van der Waals surface area contributed by atoms with Gasteiger partial charge in [0, 0.05) is 30.1 Å². The summed E-state index contributed by atoms with van der Waals surface area (Å²) in [7, 11) is 0. The van der Waals surface area contributed by atoms with Gasteiger partial charge in [0.25, 0.3) is 0 Å². The molecule has 3 aromatic rings. The Morgan fingerprint density at radius 3 is 2.62 bits per heavy atom. The molecule has 2 aromatic carbocycles. The minimum atomic E-state index is -0.418. The van der Waals surface area contributed by atoms with Crippen molar-refractivity contribution < 1.29 is 9.18 Å². The van der Waals surface area contributed by atoms with E-state index in [2.05, 4.69) is 22.9 Å². The van der Waals surface area contributed by atoms with E-state index in [1.807, 2.05) is 6.07 Å². The summed E-state index contributed by atoms with van der Waals surface area (Å²) in [6.07, 6.45) is 6.02. The van der Waals surface area contributed by atoms with E-state index in [0.29, 0.717) is 6.42 Å². The molecule has 122 valence electrons. The fourth-order valence-electron chi connectivity index (χ4n) is 3.21. The van der Waals surface area contributed by atoms with Crippen molar-refractivity contribution in [3.05, 3.63) is 59.0 Å². The fraction of sp³-hybridized carbons (Fsp3) is 0.250. The van der Waals surface area contributed by atoms with Crippen molar-refractivity contribution in [1.29, 1.82) is 0 Å². The predicted octanol–water partition coefficient (Wildman–Crippen LogP) is 5.25. The van der Waals surface area contributed by atoms with Crippen molar-refractivity contribution in [2.75, 3.05) is 0 Å². The summed E-state index contributed by atoms with van der Waals surface area (Å²) in [5.41, 5.74) is 4.03. The smallest absolute Gasteiger partial charge is 0.141 e. The van der Waals surface area contributed by atoms with Crippen LogP contribution < -0.4 is 0 Å². The molecule has 0 bridgehead atoms. The maximum Gasteiger partial charge on any atom is 0.141 e. The molecule has 0 radical (unpaired) electrons. The third-order valence-corrected chi connectivity index (χ3v) is 4.96. The van der Waals surface area contributed by atoms with Gasteiger partial charge in [-0.1, -0.05) is 23.7 Å². The molecule has 0 spiro atoms. The highest BCUT2D eigenvalue weighted by Crippen LogP contribution is 2.34. The molecule has 1 aromatic heterocycles. The Kier molecular flexibility index (Phi) is 3.89. The van der Waals surface area contributed by atoms with E-state index in [9.17, 15) is 9.18 Å². The van der Waals surface area contributed by atoms with Gasteiger partial charge in [0.1, 0.15) is 12.1 Å². The Morgan fingerprint density at radius 1 is 1.17 bits per heavy atom. The van der Waals surface area contributed by atoms with Crippen LogP contribution in [-0.2, 0) is 17.8 Å². The molecule has 1 heterocycles. The monoisotopic (exact) mass is 341 g/mol. The van der Waals surface area contributed by atoms with Crippen molar-refractivity contribution in [3.63, 3.8) is 0 Å². The predicted molar refractivity (Wildman–Crippen MR) is 94.8 cm³/mol. The molecule has 24 heavy (non-hydrogen) atoms. The molecule has 0 saturated heterocycles. The van der Waals surface area contributed by atoms with Crippen LogP contribution in [0.15, 0.2) is 42.6 Å². The summed E-state index contributed by atoms with van der Waals surface area (Å²) in [4.78, 5) is 11.0. The molecule has 0 aliphatic heterocycles. The lowest BCUT2D eigenvalue weighted by molar-refractivity contribution is -0.107. The zero-order valence-corrected chi connectivity index (χ0v) is 13.9. The lowest BCUT2D eigenvalue weighted by Gasteiger charge is -2.06. The average molecular weight is 342 g/mol. The molecular formula is C20H17ClFNO. The zero-order chi connectivity index (χ0) is 16.7. The lowest BCUT2D eigenvalue weighted by Crippen LogP contribution is -1.97. The summed E-state index contributed by atoms with van der Waals surface area (Å²) in [6.45, 7) is 1.01. The molecule has 1 aliphatic rings. The first-order valence-corrected chi connectivity index (χ1v) is 8.54. The number of carbonyl (C=O) groups is 1. The number of aromatic nitrogens is 1. The molecule has 1 saturated carbocycles. The van der Waals surface area contributed by atoms with E-state index < -0.39 is 5.82 Å². The maximum absolute atomic E-state index is 13.4. The largest absolute Gasteiger partial charge is 0.347 e. The van der Waals surface area contributed by atoms with E-state index in [0.717, 1.165) is 46.3 Å². The SMILES string of the molecule is O=CCc1cn(CC2CC2)c2ccc(-c3ccc(F)c(Cl)c3)cc12. The van der Waals surface area contributed by atoms with Crippen LogP contribution in [-0.4, -0.2) is 10.9 Å². The number of benzene rings is 2. The number of aldehydes is 1. The van der Waals surface area contributed by atoms with Crippen LogP contribution in [0.1, 0.15) is 18.4 Å². The highest BCUT2D eigenvalue weighted by Gasteiger charge is 2.23. The fourth-order valence-corrected chi connectivity index (χ4v) is 3.39. The first-order chi connectivity index (χ1) is 11.7. The number of hydrogen-bond donors (Lipinski definition) is 0. The van der Waals surface area contributed by atoms with Crippen LogP contribution in [0.4, 0.5) is 4.39 Å². The maximum atomic E-state index is 13.4. The van der Waals surface area contributed by atoms with E-state index in [-0.39, 0.29) is 5.02 Å². The zero-order valence-electron chi connectivity index (χ0n) is 13.1. The molecule has 1 fully saturated rings. The summed E-state index contributed by atoms with van der Waals surface area (Å²) < 4.78 is 15.6. The van der Waals surface area contributed by atoms with Gasteiger partial charge in [-0.3, -0.25) is 0 Å². The quantitative estimate of drug-likeness (QED) is 0.581. The van der Waals surface area contributed by atoms with Gasteiger partial charge in [0.05, 0.1) is 5.02 Å². The number of rotatable bonds is 5. The van der Waals surface area contributed by atoms with Gasteiger partial charge < -0.3 is 9.36 Å². The van der Waals surface area contributed by atoms with E-state index in [4.69, 9.17) is 11.6 Å². The molecule has 0 N–H and O–H groups in total. The minimum absolute atomic E-state index is 0.118. The number of hydrogen-bond acceptors (Lipinski definition) is 1. The Balaban J connectivity index is 1.81. The van der Waals surface area contributed by atoms with E-state index in [1.165, 1.54) is 18.9 Å². The molecule has 0 unspecified atom stereocenters. The minimum Gasteiger partial charge on any atom is -0.347 e. The van der Waals surface area contributed by atoms with Crippen LogP contribution in [0.5, 0.6) is 0 Å². The van der Waals surface area contributed by atoms with E-state index in [1.54, 1.807) is 12.1 Å². The van der Waals surface area contributed by atoms with Gasteiger partial charge in [-0.15, -0.1) is 0 Å². The Labute approximate surface area is 144 Å². The summed E-state index contributed by atoms with van der Waals surface area (Å²) in [6, 6.07) is 10.9. The summed E-state index contributed by atoms with van der Waals surface area (Å²) in [5.74, 6) is 0.346. The number of halogens is 2. The van der Waals surface area contributed by atoms with Crippen molar-refractivity contribution in [2.24, 2.45) is 5.92 Å². The molecule has 0 amide bonds. The Morgan fingerprint density at radius 2 is 1.92 bits per heavy atom. The number of carbonyl (C=O) groups excluding carboxylic acids is 1. The molecule has 2 nitrogen and oxygen atoms in total. The second-order valence-corrected chi connectivity index (χ2v) is 6.89. The van der Waals surface area contributed by atoms with Gasteiger partial charge in [-0.2, -0.15) is 0 Å². The lowest BCUT2D eigenvalue weighted by atomic mass is 10.0. The highest BCUT2D eigenvalue weighted by atomic mass is 35.5. The van der Waals surface area contributed by atoms with Gasteiger partial charge in [-0.05, 0) is 59.7 Å². The second-order valence-electron chi connectivity index (χ2n) is 6.48. The van der Waals surface area contributed by atoms with Crippen molar-refractivity contribution >= 4 is 28.8 Å². The molecule has 4 rings (SSSR count). The van der Waals surface area contributed by atoms with Crippen LogP contribution >= 0.6 is 11.6 Å². The van der Waals surface area contributed by atoms with Crippen LogP contribution in [0.25, 0.3) is 22.0 Å². The standard InChI is InChI=1S/C20H17ClFNO/c21-18-10-15(3-5-19(18)22)14-4-6-20-17(9-14)16(7-8-24)12-23(20)11-13-1-2-13/h3-6,8-10,12-13H,1-2,7,11H2. The molecule has 4 heteroatoms. The van der Waals surface area contributed by atoms with Crippen LogP contribution in [0.3, 0.4) is 0 Å².